The van der Waals surface area contributed by atoms with E-state index in [1.54, 1.807) is 22.8 Å². The van der Waals surface area contributed by atoms with Crippen molar-refractivity contribution >= 4 is 17.6 Å². The van der Waals surface area contributed by atoms with Crippen molar-refractivity contribution in [1.29, 1.82) is 0 Å². The Morgan fingerprint density at radius 1 is 1.33 bits per heavy atom. The van der Waals surface area contributed by atoms with Crippen molar-refractivity contribution in [2.45, 2.75) is 51.6 Å². The maximum atomic E-state index is 13.1. The van der Waals surface area contributed by atoms with Crippen molar-refractivity contribution in [3.05, 3.63) is 23.9 Å². The third kappa shape index (κ3) is 3.11. The molecule has 0 spiro atoms. The van der Waals surface area contributed by atoms with E-state index < -0.39 is 11.8 Å². The minimum Gasteiger partial charge on any atom is -0.363 e. The van der Waals surface area contributed by atoms with E-state index in [0.717, 1.165) is 24.6 Å². The van der Waals surface area contributed by atoms with E-state index in [1.807, 2.05) is 10.7 Å². The zero-order chi connectivity index (χ0) is 19.1. The van der Waals surface area contributed by atoms with Crippen LogP contribution >= 0.6 is 0 Å². The second-order valence-electron chi connectivity index (χ2n) is 7.60. The number of carbonyl (C=O) groups excluding carboxylic acids is 2. The van der Waals surface area contributed by atoms with Crippen LogP contribution in [0.5, 0.6) is 0 Å². The molecule has 144 valence electrons. The van der Waals surface area contributed by atoms with Gasteiger partial charge < -0.3 is 5.73 Å². The van der Waals surface area contributed by atoms with E-state index in [9.17, 15) is 9.59 Å². The van der Waals surface area contributed by atoms with Gasteiger partial charge in [-0.05, 0) is 31.1 Å². The Morgan fingerprint density at radius 3 is 2.81 bits per heavy atom. The molecule has 2 aromatic rings. The number of hydrogen-bond acceptors (Lipinski definition) is 5. The van der Waals surface area contributed by atoms with Crippen molar-refractivity contribution in [3.63, 3.8) is 0 Å². The normalized spacial score (nSPS) is 25.0. The van der Waals surface area contributed by atoms with E-state index in [4.69, 9.17) is 5.73 Å². The first-order valence-corrected chi connectivity index (χ1v) is 9.51. The number of hydrogen-bond donors (Lipinski definition) is 1. The van der Waals surface area contributed by atoms with E-state index in [1.165, 1.54) is 6.42 Å². The average molecular weight is 371 g/mol. The van der Waals surface area contributed by atoms with E-state index in [0.29, 0.717) is 31.3 Å². The van der Waals surface area contributed by atoms with E-state index >= 15 is 0 Å². The Morgan fingerprint density at radius 2 is 2.11 bits per heavy atom. The molecule has 0 unspecified atom stereocenters. The summed E-state index contributed by atoms with van der Waals surface area (Å²) in [6.45, 7) is 3.48. The highest BCUT2D eigenvalue weighted by atomic mass is 16.2. The molecule has 2 N–H and O–H groups in total. The summed E-state index contributed by atoms with van der Waals surface area (Å²) in [5.74, 6) is 1.33. The third-order valence-corrected chi connectivity index (χ3v) is 5.87. The largest absolute Gasteiger partial charge is 0.363 e. The first-order valence-electron chi connectivity index (χ1n) is 9.51. The van der Waals surface area contributed by atoms with Crippen molar-refractivity contribution < 1.29 is 9.59 Å². The molecule has 1 atom stereocenters. The number of aromatic nitrogens is 5. The van der Waals surface area contributed by atoms with Crippen LogP contribution in [0.15, 0.2) is 12.3 Å². The Bertz CT molecular complexity index is 865. The molecule has 1 fully saturated rings. The summed E-state index contributed by atoms with van der Waals surface area (Å²) in [6.07, 6.45) is 5.72. The first-order chi connectivity index (χ1) is 13.0. The number of fused-ring (bicyclic) bond motifs is 1. The zero-order valence-electron chi connectivity index (χ0n) is 15.7. The van der Waals surface area contributed by atoms with Gasteiger partial charge in [-0.1, -0.05) is 13.3 Å². The second kappa shape index (κ2) is 6.79. The van der Waals surface area contributed by atoms with Crippen LogP contribution in [0.25, 0.3) is 0 Å². The van der Waals surface area contributed by atoms with Crippen LogP contribution in [0.4, 0.5) is 5.82 Å². The summed E-state index contributed by atoms with van der Waals surface area (Å²) in [5, 5.41) is 8.60. The summed E-state index contributed by atoms with van der Waals surface area (Å²) in [4.78, 5) is 30.7. The van der Waals surface area contributed by atoms with Crippen LogP contribution in [0.1, 0.15) is 55.0 Å². The third-order valence-electron chi connectivity index (χ3n) is 5.87. The first kappa shape index (κ1) is 17.7. The quantitative estimate of drug-likeness (QED) is 0.847. The Hall–Kier alpha value is -2.71. The topological polar surface area (TPSA) is 112 Å². The highest BCUT2D eigenvalue weighted by Gasteiger charge is 2.36. The van der Waals surface area contributed by atoms with E-state index in [-0.39, 0.29) is 11.7 Å². The lowest BCUT2D eigenvalue weighted by molar-refractivity contribution is -0.120. The Balaban J connectivity index is 1.63. The van der Waals surface area contributed by atoms with Gasteiger partial charge in [-0.3, -0.25) is 14.5 Å². The molecular weight excluding hydrogens is 346 g/mol. The van der Waals surface area contributed by atoms with Crippen LogP contribution < -0.4 is 10.6 Å². The molecule has 9 nitrogen and oxygen atoms in total. The van der Waals surface area contributed by atoms with E-state index in [2.05, 4.69) is 22.1 Å². The highest BCUT2D eigenvalue weighted by molar-refractivity contribution is 5.97. The summed E-state index contributed by atoms with van der Waals surface area (Å²) < 4.78 is 3.55. The van der Waals surface area contributed by atoms with Crippen LogP contribution in [-0.4, -0.2) is 43.4 Å². The molecule has 2 aromatic heterocycles. The van der Waals surface area contributed by atoms with Gasteiger partial charge >= 0.3 is 0 Å². The Kier molecular flexibility index (Phi) is 4.45. The molecule has 2 amide bonds. The number of carbonyl (C=O) groups is 2. The zero-order valence-corrected chi connectivity index (χ0v) is 15.7. The molecule has 0 saturated heterocycles. The number of rotatable bonds is 5. The molecule has 27 heavy (non-hydrogen) atoms. The SMILES string of the molecule is CCC1CC(Cn2nc(C(N)=O)nc2[C@@H]2CCn3nccc3N(C)C2=O)C1. The van der Waals surface area contributed by atoms with Gasteiger partial charge in [0.15, 0.2) is 0 Å². The average Bonchev–Trinajstić information content (AvgIpc) is 3.22. The van der Waals surface area contributed by atoms with Gasteiger partial charge in [0.1, 0.15) is 11.6 Å². The smallest absolute Gasteiger partial charge is 0.288 e. The number of primary amides is 1. The summed E-state index contributed by atoms with van der Waals surface area (Å²) in [7, 11) is 1.74. The fraction of sp³-hybridized carbons (Fsp3) is 0.611. The number of likely N-dealkylation sites (N-methyl/N-ethyl adjacent to an activating group) is 1. The van der Waals surface area contributed by atoms with Gasteiger partial charge in [0, 0.05) is 26.2 Å². The molecule has 1 aliphatic carbocycles. The molecule has 1 aliphatic heterocycles. The molecule has 0 radical (unpaired) electrons. The van der Waals surface area contributed by atoms with Gasteiger partial charge in [-0.2, -0.15) is 5.10 Å². The fourth-order valence-electron chi connectivity index (χ4n) is 4.20. The molecule has 2 aliphatic rings. The van der Waals surface area contributed by atoms with Crippen LogP contribution in [0, 0.1) is 11.8 Å². The molecule has 0 aromatic carbocycles. The lowest BCUT2D eigenvalue weighted by Gasteiger charge is -2.35. The number of aryl methyl sites for hydroxylation is 1. The van der Waals surface area contributed by atoms with Crippen molar-refractivity contribution in [1.82, 2.24) is 24.5 Å². The van der Waals surface area contributed by atoms with Crippen molar-refractivity contribution in [2.24, 2.45) is 17.6 Å². The predicted octanol–water partition coefficient (Wildman–Crippen LogP) is 1.16. The molecule has 4 rings (SSSR count). The second-order valence-corrected chi connectivity index (χ2v) is 7.60. The number of nitrogens with zero attached hydrogens (tertiary/aromatic N) is 6. The number of nitrogens with two attached hydrogens (primary N) is 1. The van der Waals surface area contributed by atoms with Crippen molar-refractivity contribution in [2.75, 3.05) is 11.9 Å². The maximum absolute atomic E-state index is 13.1. The lowest BCUT2D eigenvalue weighted by Crippen LogP contribution is -2.33. The number of amides is 2. The molecule has 3 heterocycles. The van der Waals surface area contributed by atoms with Gasteiger partial charge in [0.05, 0.1) is 12.1 Å². The molecule has 0 bridgehead atoms. The van der Waals surface area contributed by atoms with Crippen LogP contribution in [-0.2, 0) is 17.9 Å². The minimum atomic E-state index is -0.669. The Labute approximate surface area is 157 Å². The molecular formula is C18H25N7O2. The van der Waals surface area contributed by atoms with Crippen molar-refractivity contribution in [3.8, 4) is 0 Å². The maximum Gasteiger partial charge on any atom is 0.288 e. The standard InChI is InChI=1S/C18H25N7O2/c1-3-11-8-12(9-11)10-25-17(21-16(22-25)15(19)26)13-5-7-24-14(4-6-20-24)23(2)18(13)27/h4,6,11-13H,3,5,7-10H2,1-2H3,(H2,19,26)/t11?,12?,13-/m0/s1. The van der Waals surface area contributed by atoms with Gasteiger partial charge in [-0.15, -0.1) is 5.10 Å². The van der Waals surface area contributed by atoms with Gasteiger partial charge in [0.2, 0.25) is 11.7 Å². The van der Waals surface area contributed by atoms with Gasteiger partial charge in [0.25, 0.3) is 5.91 Å². The predicted molar refractivity (Wildman–Crippen MR) is 98.0 cm³/mol. The van der Waals surface area contributed by atoms with Gasteiger partial charge in [-0.25, -0.2) is 14.3 Å². The fourth-order valence-corrected chi connectivity index (χ4v) is 4.20. The minimum absolute atomic E-state index is 0.0196. The summed E-state index contributed by atoms with van der Waals surface area (Å²) >= 11 is 0. The van der Waals surface area contributed by atoms with Crippen LogP contribution in [0.3, 0.4) is 0 Å². The highest BCUT2D eigenvalue weighted by Crippen LogP contribution is 2.37. The molecule has 9 heteroatoms. The number of anilines is 1. The summed E-state index contributed by atoms with van der Waals surface area (Å²) in [6, 6.07) is 1.82. The van der Waals surface area contributed by atoms with Crippen LogP contribution in [0.2, 0.25) is 0 Å². The summed E-state index contributed by atoms with van der Waals surface area (Å²) in [5.41, 5.74) is 5.40. The molecule has 1 saturated carbocycles. The lowest BCUT2D eigenvalue weighted by atomic mass is 9.73. The monoisotopic (exact) mass is 371 g/mol.